The number of fused-ring (bicyclic) bond motifs is 2. The number of carbonyl (C=O) groups excluding carboxylic acids is 1. The molecule has 0 saturated heterocycles. The number of carbonyl (C=O) groups is 1. The van der Waals surface area contributed by atoms with E-state index >= 15 is 0 Å². The van der Waals surface area contributed by atoms with Crippen molar-refractivity contribution in [1.82, 2.24) is 0 Å². The van der Waals surface area contributed by atoms with E-state index in [2.05, 4.69) is 16.9 Å². The molecule has 2 unspecified atom stereocenters. The number of rotatable bonds is 4. The molecule has 5 heteroatoms. The molecule has 1 fully saturated rings. The molecule has 1 aliphatic heterocycles. The maximum atomic E-state index is 12.4. The molecule has 1 N–H and O–H groups in total. The first-order valence-electron chi connectivity index (χ1n) is 9.15. The van der Waals surface area contributed by atoms with Gasteiger partial charge in [0.15, 0.2) is 0 Å². The minimum Gasteiger partial charge on any atom is -0.497 e. The van der Waals surface area contributed by atoms with Gasteiger partial charge in [0.2, 0.25) is 0 Å². The van der Waals surface area contributed by atoms with Crippen LogP contribution in [0.4, 0.5) is 5.69 Å². The van der Waals surface area contributed by atoms with E-state index in [0.29, 0.717) is 24.0 Å². The van der Waals surface area contributed by atoms with Crippen molar-refractivity contribution in [2.75, 3.05) is 19.0 Å². The van der Waals surface area contributed by atoms with Gasteiger partial charge in [0.1, 0.15) is 11.6 Å². The average Bonchev–Trinajstić information content (AvgIpc) is 3.11. The van der Waals surface area contributed by atoms with Gasteiger partial charge in [-0.2, -0.15) is 0 Å². The molecule has 2 aliphatic rings. The smallest absolute Gasteiger partial charge is 0.339 e. The highest BCUT2D eigenvalue weighted by molar-refractivity contribution is 5.98. The fourth-order valence-corrected chi connectivity index (χ4v) is 3.69. The van der Waals surface area contributed by atoms with E-state index in [0.717, 1.165) is 48.5 Å². The summed E-state index contributed by atoms with van der Waals surface area (Å²) in [4.78, 5) is 16.9. The van der Waals surface area contributed by atoms with Gasteiger partial charge < -0.3 is 14.8 Å². The summed E-state index contributed by atoms with van der Waals surface area (Å²) in [6, 6.07) is 7.75. The first-order chi connectivity index (χ1) is 12.6. The molecule has 5 nitrogen and oxygen atoms in total. The second-order valence-corrected chi connectivity index (χ2v) is 6.80. The zero-order chi connectivity index (χ0) is 18.5. The van der Waals surface area contributed by atoms with E-state index in [4.69, 9.17) is 9.47 Å². The Kier molecular flexibility index (Phi) is 5.76. The monoisotopic (exact) mass is 354 g/mol. The summed E-state index contributed by atoms with van der Waals surface area (Å²) in [5, 5.41) is 3.38. The minimum atomic E-state index is -0.340. The molecule has 0 radical (unpaired) electrons. The molecule has 1 aromatic carbocycles. The fourth-order valence-electron chi connectivity index (χ4n) is 3.69. The van der Waals surface area contributed by atoms with E-state index in [1.807, 2.05) is 24.3 Å². The van der Waals surface area contributed by atoms with Crippen LogP contribution in [0.5, 0.6) is 5.75 Å². The Morgan fingerprint density at radius 1 is 1.38 bits per heavy atom. The van der Waals surface area contributed by atoms with Crippen LogP contribution >= 0.6 is 0 Å². The molecule has 2 bridgehead atoms. The highest BCUT2D eigenvalue weighted by Crippen LogP contribution is 2.40. The summed E-state index contributed by atoms with van der Waals surface area (Å²) in [6.45, 7) is 6.33. The molecule has 0 amide bonds. The molecule has 138 valence electrons. The van der Waals surface area contributed by atoms with Gasteiger partial charge in [-0.1, -0.05) is 12.6 Å². The third-order valence-corrected chi connectivity index (χ3v) is 5.07. The summed E-state index contributed by atoms with van der Waals surface area (Å²) in [7, 11) is 1.65. The quantitative estimate of drug-likeness (QED) is 0.818. The molecule has 3 rings (SSSR count). The number of benzene rings is 1. The first-order valence-corrected chi connectivity index (χ1v) is 9.15. The number of methoxy groups -OCH3 is 1. The standard InChI is InChI=1S/C21H26N2O3/c1-4-26-21(24)19-13-22-20(11-15-8-9-16(10-15)14(19)2)23-17-6-5-7-18(12-17)25-3/h5-7,12-13,15-16H,2,4,8-11H2,1,3H3,(H,22,23)/b19-13+. The molecule has 2 atom stereocenters. The van der Waals surface area contributed by atoms with E-state index in [9.17, 15) is 4.79 Å². The predicted molar refractivity (Wildman–Crippen MR) is 103 cm³/mol. The maximum Gasteiger partial charge on any atom is 0.339 e. The van der Waals surface area contributed by atoms with Gasteiger partial charge in [0.25, 0.3) is 0 Å². The Morgan fingerprint density at radius 3 is 3.00 bits per heavy atom. The lowest BCUT2D eigenvalue weighted by molar-refractivity contribution is -0.138. The Labute approximate surface area is 154 Å². The Bertz CT molecular complexity index is 751. The number of hydrogen-bond donors (Lipinski definition) is 1. The lowest BCUT2D eigenvalue weighted by Gasteiger charge is -2.15. The number of nitrogens with zero attached hydrogens (tertiary/aromatic N) is 1. The highest BCUT2D eigenvalue weighted by Gasteiger charge is 2.32. The van der Waals surface area contributed by atoms with Gasteiger partial charge >= 0.3 is 5.97 Å². The van der Waals surface area contributed by atoms with Crippen molar-refractivity contribution in [2.24, 2.45) is 16.8 Å². The summed E-state index contributed by atoms with van der Waals surface area (Å²) < 4.78 is 10.5. The van der Waals surface area contributed by atoms with E-state index < -0.39 is 0 Å². The van der Waals surface area contributed by atoms with Gasteiger partial charge in [-0.05, 0) is 55.7 Å². The average molecular weight is 354 g/mol. The molecule has 1 saturated carbocycles. The van der Waals surface area contributed by atoms with Crippen LogP contribution in [0.3, 0.4) is 0 Å². The Balaban J connectivity index is 1.89. The number of esters is 1. The van der Waals surface area contributed by atoms with Gasteiger partial charge in [-0.15, -0.1) is 0 Å². The number of amidine groups is 1. The van der Waals surface area contributed by atoms with Crippen LogP contribution in [0.25, 0.3) is 0 Å². The SMILES string of the molecule is C=C1/C(C(=O)OCC)=C\N=C(\Nc2cccc(OC)c2)CC2CCC1C2. The van der Waals surface area contributed by atoms with Crippen LogP contribution in [0.15, 0.2) is 53.2 Å². The van der Waals surface area contributed by atoms with Crippen LogP contribution in [-0.2, 0) is 9.53 Å². The zero-order valence-electron chi connectivity index (χ0n) is 15.5. The van der Waals surface area contributed by atoms with Gasteiger partial charge in [-0.3, -0.25) is 0 Å². The second kappa shape index (κ2) is 8.21. The molecular weight excluding hydrogens is 328 g/mol. The summed E-state index contributed by atoms with van der Waals surface area (Å²) in [6.07, 6.45) is 5.69. The summed E-state index contributed by atoms with van der Waals surface area (Å²) in [5.41, 5.74) is 2.27. The number of aliphatic imine (C=N–C) groups is 1. The van der Waals surface area contributed by atoms with Crippen LogP contribution < -0.4 is 10.1 Å². The van der Waals surface area contributed by atoms with Crippen molar-refractivity contribution in [2.45, 2.75) is 32.6 Å². The third-order valence-electron chi connectivity index (χ3n) is 5.07. The molecule has 1 aromatic rings. The lowest BCUT2D eigenvalue weighted by Crippen LogP contribution is -2.15. The number of anilines is 1. The van der Waals surface area contributed by atoms with E-state index in [1.54, 1.807) is 20.2 Å². The number of ether oxygens (including phenoxy) is 2. The maximum absolute atomic E-state index is 12.4. The van der Waals surface area contributed by atoms with Crippen molar-refractivity contribution in [3.63, 3.8) is 0 Å². The van der Waals surface area contributed by atoms with E-state index in [-0.39, 0.29) is 5.97 Å². The van der Waals surface area contributed by atoms with Crippen LogP contribution in [0.2, 0.25) is 0 Å². The van der Waals surface area contributed by atoms with E-state index in [1.165, 1.54) is 0 Å². The molecule has 0 aromatic heterocycles. The number of hydrogen-bond acceptors (Lipinski definition) is 5. The Hall–Kier alpha value is -2.56. The van der Waals surface area contributed by atoms with Gasteiger partial charge in [-0.25, -0.2) is 9.79 Å². The third kappa shape index (κ3) is 4.15. The van der Waals surface area contributed by atoms with Crippen molar-refractivity contribution in [3.8, 4) is 5.75 Å². The topological polar surface area (TPSA) is 59.9 Å². The molecule has 26 heavy (non-hydrogen) atoms. The van der Waals surface area contributed by atoms with Crippen molar-refractivity contribution >= 4 is 17.5 Å². The minimum absolute atomic E-state index is 0.335. The molecule has 0 spiro atoms. The van der Waals surface area contributed by atoms with Crippen LogP contribution in [0.1, 0.15) is 32.6 Å². The molecular formula is C21H26N2O3. The first kappa shape index (κ1) is 18.2. The zero-order valence-corrected chi connectivity index (χ0v) is 15.5. The molecule has 1 heterocycles. The predicted octanol–water partition coefficient (Wildman–Crippen LogP) is 4.33. The van der Waals surface area contributed by atoms with Crippen molar-refractivity contribution in [1.29, 1.82) is 0 Å². The molecule has 1 aliphatic carbocycles. The van der Waals surface area contributed by atoms with Gasteiger partial charge in [0.05, 0.1) is 19.3 Å². The van der Waals surface area contributed by atoms with Gasteiger partial charge in [0, 0.05) is 24.4 Å². The van der Waals surface area contributed by atoms with Crippen molar-refractivity contribution < 1.29 is 14.3 Å². The largest absolute Gasteiger partial charge is 0.497 e. The van der Waals surface area contributed by atoms with Crippen molar-refractivity contribution in [3.05, 3.63) is 48.2 Å². The van der Waals surface area contributed by atoms with Crippen LogP contribution in [0, 0.1) is 11.8 Å². The fraction of sp³-hybridized carbons (Fsp3) is 0.429. The second-order valence-electron chi connectivity index (χ2n) is 6.80. The Morgan fingerprint density at radius 2 is 2.23 bits per heavy atom. The summed E-state index contributed by atoms with van der Waals surface area (Å²) >= 11 is 0. The number of nitrogens with one attached hydrogen (secondary N) is 1. The normalized spacial score (nSPS) is 26.5. The summed E-state index contributed by atoms with van der Waals surface area (Å²) in [5.74, 6) is 2.18. The van der Waals surface area contributed by atoms with Crippen LogP contribution in [-0.4, -0.2) is 25.5 Å². The highest BCUT2D eigenvalue weighted by atomic mass is 16.5. The lowest BCUT2D eigenvalue weighted by atomic mass is 9.91.